The molecule has 6 heteroatoms. The van der Waals surface area contributed by atoms with Gasteiger partial charge in [-0.3, -0.25) is 0 Å². The highest BCUT2D eigenvalue weighted by atomic mass is 16.5. The van der Waals surface area contributed by atoms with Crippen LogP contribution < -0.4 is 20.5 Å². The van der Waals surface area contributed by atoms with E-state index in [9.17, 15) is 4.79 Å². The lowest BCUT2D eigenvalue weighted by molar-refractivity contribution is 0.193. The Kier molecular flexibility index (Phi) is 5.14. The summed E-state index contributed by atoms with van der Waals surface area (Å²) in [6.07, 6.45) is 1.78. The fourth-order valence-corrected chi connectivity index (χ4v) is 2.51. The van der Waals surface area contributed by atoms with E-state index in [1.807, 2.05) is 25.1 Å². The average molecular weight is 293 g/mol. The summed E-state index contributed by atoms with van der Waals surface area (Å²) in [4.78, 5) is 12.8. The van der Waals surface area contributed by atoms with E-state index in [2.05, 4.69) is 5.32 Å². The molecule has 1 heterocycles. The monoisotopic (exact) mass is 293 g/mol. The molecule has 0 unspecified atom stereocenters. The zero-order chi connectivity index (χ0) is 15.2. The fourth-order valence-electron chi connectivity index (χ4n) is 2.51. The number of piperidine rings is 1. The van der Waals surface area contributed by atoms with Crippen molar-refractivity contribution >= 4 is 11.7 Å². The van der Waals surface area contributed by atoms with Gasteiger partial charge in [-0.05, 0) is 31.9 Å². The summed E-state index contributed by atoms with van der Waals surface area (Å²) in [6.45, 7) is 3.93. The molecule has 0 saturated carbocycles. The van der Waals surface area contributed by atoms with Gasteiger partial charge in [0.1, 0.15) is 0 Å². The first-order chi connectivity index (χ1) is 10.1. The maximum Gasteiger partial charge on any atom is 0.314 e. The van der Waals surface area contributed by atoms with E-state index in [4.69, 9.17) is 15.2 Å². The van der Waals surface area contributed by atoms with Crippen molar-refractivity contribution in [2.45, 2.75) is 25.8 Å². The highest BCUT2D eigenvalue weighted by Crippen LogP contribution is 2.31. The predicted molar refractivity (Wildman–Crippen MR) is 82.0 cm³/mol. The van der Waals surface area contributed by atoms with Crippen LogP contribution in [0.2, 0.25) is 0 Å². The van der Waals surface area contributed by atoms with E-state index in [0.717, 1.165) is 30.0 Å². The molecule has 2 amide bonds. The third-order valence-corrected chi connectivity index (χ3v) is 3.64. The normalized spacial score (nSPS) is 15.6. The largest absolute Gasteiger partial charge is 0.493 e. The van der Waals surface area contributed by atoms with Crippen molar-refractivity contribution in [2.24, 2.45) is 5.73 Å². The quantitative estimate of drug-likeness (QED) is 0.871. The number of nitrogens with zero attached hydrogens (tertiary/aromatic N) is 1. The first kappa shape index (κ1) is 15.3. The van der Waals surface area contributed by atoms with E-state index in [-0.39, 0.29) is 6.03 Å². The van der Waals surface area contributed by atoms with Gasteiger partial charge in [-0.15, -0.1) is 0 Å². The number of likely N-dealkylation sites (tertiary alicyclic amines) is 1. The molecule has 0 atom stereocenters. The number of rotatable bonds is 5. The van der Waals surface area contributed by atoms with Crippen molar-refractivity contribution in [1.29, 1.82) is 0 Å². The number of nitrogens with one attached hydrogen (secondary N) is 1. The van der Waals surface area contributed by atoms with Crippen molar-refractivity contribution in [3.63, 3.8) is 0 Å². The molecule has 116 valence electrons. The summed E-state index contributed by atoms with van der Waals surface area (Å²) in [5.41, 5.74) is 6.28. The number of primary amides is 1. The van der Waals surface area contributed by atoms with E-state index < -0.39 is 0 Å². The molecule has 1 saturated heterocycles. The highest BCUT2D eigenvalue weighted by Gasteiger charge is 2.21. The Balaban J connectivity index is 1.97. The van der Waals surface area contributed by atoms with E-state index >= 15 is 0 Å². The molecule has 6 nitrogen and oxygen atoms in total. The molecule has 1 aliphatic heterocycles. The van der Waals surface area contributed by atoms with Crippen molar-refractivity contribution in [3.8, 4) is 11.5 Å². The molecule has 0 aliphatic carbocycles. The molecular weight excluding hydrogens is 270 g/mol. The summed E-state index contributed by atoms with van der Waals surface area (Å²) in [5, 5.41) is 3.48. The number of nitrogens with two attached hydrogens (primary N) is 1. The van der Waals surface area contributed by atoms with Crippen LogP contribution in [0.5, 0.6) is 11.5 Å². The lowest BCUT2D eigenvalue weighted by Crippen LogP contribution is -2.44. The Hall–Kier alpha value is -2.11. The van der Waals surface area contributed by atoms with Gasteiger partial charge in [-0.1, -0.05) is 0 Å². The van der Waals surface area contributed by atoms with Gasteiger partial charge >= 0.3 is 6.03 Å². The second-order valence-electron chi connectivity index (χ2n) is 5.04. The second kappa shape index (κ2) is 7.06. The standard InChI is InChI=1S/C15H23N3O3/c1-3-21-14-10-12(4-5-13(14)20-2)17-11-6-8-18(9-7-11)15(16)19/h4-5,10-11,17H,3,6-9H2,1-2H3,(H2,16,19). The zero-order valence-corrected chi connectivity index (χ0v) is 12.6. The molecule has 2 rings (SSSR count). The molecule has 1 aliphatic rings. The number of anilines is 1. The lowest BCUT2D eigenvalue weighted by Gasteiger charge is -2.31. The second-order valence-corrected chi connectivity index (χ2v) is 5.04. The van der Waals surface area contributed by atoms with Crippen LogP contribution in [0.25, 0.3) is 0 Å². The first-order valence-electron chi connectivity index (χ1n) is 7.25. The minimum Gasteiger partial charge on any atom is -0.493 e. The summed E-state index contributed by atoms with van der Waals surface area (Å²) in [6, 6.07) is 5.82. The lowest BCUT2D eigenvalue weighted by atomic mass is 10.0. The predicted octanol–water partition coefficient (Wildman–Crippen LogP) is 2.05. The smallest absolute Gasteiger partial charge is 0.314 e. The topological polar surface area (TPSA) is 76.8 Å². The minimum atomic E-state index is -0.337. The average Bonchev–Trinajstić information content (AvgIpc) is 2.48. The third-order valence-electron chi connectivity index (χ3n) is 3.64. The first-order valence-corrected chi connectivity index (χ1v) is 7.25. The number of carbonyl (C=O) groups excluding carboxylic acids is 1. The summed E-state index contributed by atoms with van der Waals surface area (Å²) < 4.78 is 10.8. The summed E-state index contributed by atoms with van der Waals surface area (Å²) in [5.74, 6) is 1.46. The van der Waals surface area contributed by atoms with Gasteiger partial charge in [0, 0.05) is 30.9 Å². The molecule has 1 fully saturated rings. The number of amides is 2. The minimum absolute atomic E-state index is 0.337. The van der Waals surface area contributed by atoms with Gasteiger partial charge in [0.15, 0.2) is 11.5 Å². The Morgan fingerprint density at radius 3 is 2.67 bits per heavy atom. The van der Waals surface area contributed by atoms with Gasteiger partial charge in [0.25, 0.3) is 0 Å². The molecule has 21 heavy (non-hydrogen) atoms. The van der Waals surface area contributed by atoms with Crippen LogP contribution in [0.15, 0.2) is 18.2 Å². The fraction of sp³-hybridized carbons (Fsp3) is 0.533. The SMILES string of the molecule is CCOc1cc(NC2CCN(C(N)=O)CC2)ccc1OC. The van der Waals surface area contributed by atoms with Crippen LogP contribution in [0.4, 0.5) is 10.5 Å². The van der Waals surface area contributed by atoms with E-state index in [1.165, 1.54) is 0 Å². The highest BCUT2D eigenvalue weighted by molar-refractivity contribution is 5.72. The molecule has 0 bridgehead atoms. The Labute approximate surface area is 125 Å². The molecule has 3 N–H and O–H groups in total. The van der Waals surface area contributed by atoms with Crippen LogP contribution >= 0.6 is 0 Å². The van der Waals surface area contributed by atoms with E-state index in [1.54, 1.807) is 12.0 Å². The van der Waals surface area contributed by atoms with Gasteiger partial charge in [-0.25, -0.2) is 4.79 Å². The Bertz CT molecular complexity index is 485. The number of hydrogen-bond acceptors (Lipinski definition) is 4. The van der Waals surface area contributed by atoms with Crippen LogP contribution in [0.1, 0.15) is 19.8 Å². The van der Waals surface area contributed by atoms with Crippen LogP contribution in [-0.2, 0) is 0 Å². The van der Waals surface area contributed by atoms with Crippen LogP contribution in [0.3, 0.4) is 0 Å². The summed E-state index contributed by atoms with van der Waals surface area (Å²) in [7, 11) is 1.63. The van der Waals surface area contributed by atoms with Crippen molar-refractivity contribution in [3.05, 3.63) is 18.2 Å². The van der Waals surface area contributed by atoms with Crippen molar-refractivity contribution in [2.75, 3.05) is 32.1 Å². The van der Waals surface area contributed by atoms with Crippen molar-refractivity contribution in [1.82, 2.24) is 4.90 Å². The van der Waals surface area contributed by atoms with Gasteiger partial charge in [0.2, 0.25) is 0 Å². The molecule has 0 aromatic heterocycles. The van der Waals surface area contributed by atoms with E-state index in [0.29, 0.717) is 25.7 Å². The zero-order valence-electron chi connectivity index (χ0n) is 12.6. The van der Waals surface area contributed by atoms with Crippen LogP contribution in [-0.4, -0.2) is 43.8 Å². The van der Waals surface area contributed by atoms with Crippen LogP contribution in [0, 0.1) is 0 Å². The molecule has 1 aromatic carbocycles. The number of carbonyl (C=O) groups is 1. The van der Waals surface area contributed by atoms with Gasteiger partial charge < -0.3 is 25.4 Å². The Morgan fingerprint density at radius 1 is 1.38 bits per heavy atom. The number of ether oxygens (including phenoxy) is 2. The number of benzene rings is 1. The molecule has 1 aromatic rings. The van der Waals surface area contributed by atoms with Gasteiger partial charge in [-0.2, -0.15) is 0 Å². The third kappa shape index (κ3) is 3.93. The van der Waals surface area contributed by atoms with Gasteiger partial charge in [0.05, 0.1) is 13.7 Å². The molecule has 0 spiro atoms. The summed E-state index contributed by atoms with van der Waals surface area (Å²) >= 11 is 0. The number of methoxy groups -OCH3 is 1. The maximum atomic E-state index is 11.1. The number of hydrogen-bond donors (Lipinski definition) is 2. The molecular formula is C15H23N3O3. The molecule has 0 radical (unpaired) electrons. The van der Waals surface area contributed by atoms with Crippen molar-refractivity contribution < 1.29 is 14.3 Å². The number of urea groups is 1. The Morgan fingerprint density at radius 2 is 2.10 bits per heavy atom. The maximum absolute atomic E-state index is 11.1.